The Morgan fingerprint density at radius 2 is 1.27 bits per heavy atom. The molecule has 15 heavy (non-hydrogen) atoms. The monoisotopic (exact) mass is 210 g/mol. The molecule has 0 aliphatic heterocycles. The predicted molar refractivity (Wildman–Crippen MR) is 64.9 cm³/mol. The van der Waals surface area contributed by atoms with Gasteiger partial charge in [-0.1, -0.05) is 13.8 Å². The first-order valence-electron chi connectivity index (χ1n) is 5.63. The van der Waals surface area contributed by atoms with Gasteiger partial charge in [-0.3, -0.25) is 0 Å². The Labute approximate surface area is 93.2 Å². The van der Waals surface area contributed by atoms with Crippen LogP contribution < -0.4 is 9.47 Å². The summed E-state index contributed by atoms with van der Waals surface area (Å²) in [6, 6.07) is 5.93. The van der Waals surface area contributed by atoms with Crippen molar-refractivity contribution in [2.45, 2.75) is 34.6 Å². The lowest BCUT2D eigenvalue weighted by molar-refractivity contribution is 0.323. The molecule has 0 N–H and O–H groups in total. The van der Waals surface area contributed by atoms with Crippen LogP contribution in [0.15, 0.2) is 18.2 Å². The third kappa shape index (κ3) is 5.31. The van der Waals surface area contributed by atoms with Crippen LogP contribution >= 0.6 is 0 Å². The summed E-state index contributed by atoms with van der Waals surface area (Å²) in [6.07, 6.45) is 0. The van der Waals surface area contributed by atoms with E-state index in [1.807, 2.05) is 52.8 Å². The summed E-state index contributed by atoms with van der Waals surface area (Å²) < 4.78 is 10.8. The Bertz CT molecular complexity index is 245. The standard InChI is InChI=1S/C11H16O2.C2H6/c1-4-12-10-6-9(3)7-11(8-10)13-5-2;1-2/h6-8H,4-5H2,1-3H3;1-2H3. The molecule has 0 aliphatic carbocycles. The van der Waals surface area contributed by atoms with Gasteiger partial charge < -0.3 is 9.47 Å². The zero-order valence-corrected chi connectivity index (χ0v) is 10.5. The Morgan fingerprint density at radius 1 is 0.867 bits per heavy atom. The Balaban J connectivity index is 0.000000921. The number of rotatable bonds is 4. The fraction of sp³-hybridized carbons (Fsp3) is 0.538. The van der Waals surface area contributed by atoms with Gasteiger partial charge in [0.05, 0.1) is 13.2 Å². The van der Waals surface area contributed by atoms with Crippen LogP contribution in [0.2, 0.25) is 0 Å². The highest BCUT2D eigenvalue weighted by molar-refractivity contribution is 5.37. The van der Waals surface area contributed by atoms with E-state index in [0.717, 1.165) is 17.1 Å². The zero-order valence-electron chi connectivity index (χ0n) is 10.5. The van der Waals surface area contributed by atoms with Crippen molar-refractivity contribution in [2.24, 2.45) is 0 Å². The third-order valence-electron chi connectivity index (χ3n) is 1.65. The van der Waals surface area contributed by atoms with Crippen molar-refractivity contribution < 1.29 is 9.47 Å². The maximum Gasteiger partial charge on any atom is 0.123 e. The van der Waals surface area contributed by atoms with Gasteiger partial charge in [0.1, 0.15) is 11.5 Å². The minimum Gasteiger partial charge on any atom is -0.494 e. The third-order valence-corrected chi connectivity index (χ3v) is 1.65. The van der Waals surface area contributed by atoms with Crippen molar-refractivity contribution in [3.8, 4) is 11.5 Å². The van der Waals surface area contributed by atoms with E-state index < -0.39 is 0 Å². The molecule has 0 aliphatic rings. The molecule has 1 rings (SSSR count). The van der Waals surface area contributed by atoms with Crippen molar-refractivity contribution in [1.82, 2.24) is 0 Å². The predicted octanol–water partition coefficient (Wildman–Crippen LogP) is 3.82. The first-order chi connectivity index (χ1) is 7.26. The Kier molecular flexibility index (Phi) is 7.51. The summed E-state index contributed by atoms with van der Waals surface area (Å²) in [6.45, 7) is 11.4. The molecule has 0 radical (unpaired) electrons. The molecule has 0 bridgehead atoms. The highest BCUT2D eigenvalue weighted by Crippen LogP contribution is 2.22. The van der Waals surface area contributed by atoms with Crippen molar-refractivity contribution in [3.63, 3.8) is 0 Å². The van der Waals surface area contributed by atoms with Crippen LogP contribution in [0.3, 0.4) is 0 Å². The van der Waals surface area contributed by atoms with E-state index in [4.69, 9.17) is 9.47 Å². The van der Waals surface area contributed by atoms with Gasteiger partial charge in [-0.2, -0.15) is 0 Å². The van der Waals surface area contributed by atoms with Crippen LogP contribution in [0.25, 0.3) is 0 Å². The maximum atomic E-state index is 5.39. The second-order valence-electron chi connectivity index (χ2n) is 2.85. The minimum atomic E-state index is 0.690. The van der Waals surface area contributed by atoms with Crippen LogP contribution in [0.5, 0.6) is 11.5 Å². The fourth-order valence-electron chi connectivity index (χ4n) is 1.21. The molecule has 0 aromatic heterocycles. The highest BCUT2D eigenvalue weighted by Gasteiger charge is 1.98. The van der Waals surface area contributed by atoms with Gasteiger partial charge in [0.25, 0.3) is 0 Å². The molecule has 1 aromatic carbocycles. The van der Waals surface area contributed by atoms with E-state index in [2.05, 4.69) is 0 Å². The largest absolute Gasteiger partial charge is 0.494 e. The van der Waals surface area contributed by atoms with Crippen LogP contribution in [0.4, 0.5) is 0 Å². The molecule has 0 spiro atoms. The summed E-state index contributed by atoms with van der Waals surface area (Å²) >= 11 is 0. The summed E-state index contributed by atoms with van der Waals surface area (Å²) in [5.41, 5.74) is 1.16. The smallest absolute Gasteiger partial charge is 0.123 e. The van der Waals surface area contributed by atoms with Gasteiger partial charge in [0, 0.05) is 6.07 Å². The van der Waals surface area contributed by atoms with E-state index in [1.54, 1.807) is 0 Å². The Morgan fingerprint density at radius 3 is 1.60 bits per heavy atom. The summed E-state index contributed by atoms with van der Waals surface area (Å²) in [5, 5.41) is 0. The van der Waals surface area contributed by atoms with Gasteiger partial charge in [-0.15, -0.1) is 0 Å². The SMILES string of the molecule is CC.CCOc1cc(C)cc(OCC)c1. The van der Waals surface area contributed by atoms with E-state index in [-0.39, 0.29) is 0 Å². The maximum absolute atomic E-state index is 5.39. The van der Waals surface area contributed by atoms with Gasteiger partial charge in [0.15, 0.2) is 0 Å². The molecular formula is C13H22O2. The second-order valence-corrected chi connectivity index (χ2v) is 2.85. The number of ether oxygens (including phenoxy) is 2. The number of hydrogen-bond donors (Lipinski definition) is 0. The molecule has 0 unspecified atom stereocenters. The average Bonchev–Trinajstić information content (AvgIpc) is 2.21. The lowest BCUT2D eigenvalue weighted by Crippen LogP contribution is -1.95. The zero-order chi connectivity index (χ0) is 11.7. The molecule has 2 nitrogen and oxygen atoms in total. The molecule has 0 fully saturated rings. The van der Waals surface area contributed by atoms with E-state index in [1.165, 1.54) is 0 Å². The number of hydrogen-bond acceptors (Lipinski definition) is 2. The highest BCUT2D eigenvalue weighted by atomic mass is 16.5. The van der Waals surface area contributed by atoms with Crippen LogP contribution in [-0.4, -0.2) is 13.2 Å². The number of benzene rings is 1. The van der Waals surface area contributed by atoms with Gasteiger partial charge in [0.2, 0.25) is 0 Å². The van der Waals surface area contributed by atoms with E-state index in [9.17, 15) is 0 Å². The summed E-state index contributed by atoms with van der Waals surface area (Å²) in [5.74, 6) is 1.76. The quantitative estimate of drug-likeness (QED) is 0.752. The van der Waals surface area contributed by atoms with Crippen LogP contribution in [0, 0.1) is 6.92 Å². The minimum absolute atomic E-state index is 0.690. The van der Waals surface area contributed by atoms with E-state index >= 15 is 0 Å². The summed E-state index contributed by atoms with van der Waals surface area (Å²) in [7, 11) is 0. The molecule has 0 saturated heterocycles. The van der Waals surface area contributed by atoms with E-state index in [0.29, 0.717) is 13.2 Å². The molecule has 1 aromatic rings. The number of aryl methyl sites for hydroxylation is 1. The molecule has 0 amide bonds. The van der Waals surface area contributed by atoms with Crippen molar-refractivity contribution in [2.75, 3.05) is 13.2 Å². The molecule has 2 heteroatoms. The normalized spacial score (nSPS) is 8.87. The molecule has 0 saturated carbocycles. The van der Waals surface area contributed by atoms with Crippen LogP contribution in [0.1, 0.15) is 33.3 Å². The van der Waals surface area contributed by atoms with Crippen molar-refractivity contribution in [3.05, 3.63) is 23.8 Å². The second kappa shape index (κ2) is 8.16. The first-order valence-corrected chi connectivity index (χ1v) is 5.63. The average molecular weight is 210 g/mol. The lowest BCUT2D eigenvalue weighted by Gasteiger charge is -2.08. The van der Waals surface area contributed by atoms with Crippen molar-refractivity contribution in [1.29, 1.82) is 0 Å². The Hall–Kier alpha value is -1.18. The fourth-order valence-corrected chi connectivity index (χ4v) is 1.21. The first kappa shape index (κ1) is 13.8. The molecular weight excluding hydrogens is 188 g/mol. The topological polar surface area (TPSA) is 18.5 Å². The van der Waals surface area contributed by atoms with Crippen molar-refractivity contribution >= 4 is 0 Å². The lowest BCUT2D eigenvalue weighted by atomic mass is 10.2. The molecule has 0 atom stereocenters. The van der Waals surface area contributed by atoms with Gasteiger partial charge in [-0.05, 0) is 38.5 Å². The van der Waals surface area contributed by atoms with Gasteiger partial charge >= 0.3 is 0 Å². The van der Waals surface area contributed by atoms with Crippen LogP contribution in [-0.2, 0) is 0 Å². The van der Waals surface area contributed by atoms with Gasteiger partial charge in [-0.25, -0.2) is 0 Å². The molecule has 86 valence electrons. The summed E-state index contributed by atoms with van der Waals surface area (Å²) in [4.78, 5) is 0. The molecule has 0 heterocycles.